The summed E-state index contributed by atoms with van der Waals surface area (Å²) in [5.74, 6) is -5.42. The zero-order valence-electron chi connectivity index (χ0n) is 22.8. The fourth-order valence-electron chi connectivity index (χ4n) is 4.02. The van der Waals surface area contributed by atoms with Crippen molar-refractivity contribution in [2.45, 2.75) is 38.5 Å². The lowest BCUT2D eigenvalue weighted by Gasteiger charge is -2.21. The van der Waals surface area contributed by atoms with Gasteiger partial charge in [-0.2, -0.15) is 22.0 Å². The number of alkyl halides is 5. The van der Waals surface area contributed by atoms with Crippen LogP contribution < -0.4 is 0 Å². The van der Waals surface area contributed by atoms with Crippen molar-refractivity contribution in [1.82, 2.24) is 24.6 Å². The number of esters is 1. The number of hydrogen-bond acceptors (Lipinski definition) is 9. The molecule has 1 aromatic carbocycles. The predicted molar refractivity (Wildman–Crippen MR) is 142 cm³/mol. The van der Waals surface area contributed by atoms with Crippen LogP contribution in [0.25, 0.3) is 39.4 Å². The second-order valence-corrected chi connectivity index (χ2v) is 8.94. The summed E-state index contributed by atoms with van der Waals surface area (Å²) in [6, 6.07) is 10.6. The van der Waals surface area contributed by atoms with Crippen LogP contribution in [0.4, 0.5) is 22.0 Å². The molecule has 0 atom stereocenters. The van der Waals surface area contributed by atoms with Crippen molar-refractivity contribution in [1.29, 1.82) is 0 Å². The molecule has 10 nitrogen and oxygen atoms in total. The standard InChI is InChI=1S/C22H14F5N5O2.C6H10O3/c1-33-10-12-2-4-13(5-3-12)15-8-17(21(23,24)22(25,26)27)30-19-14(15)6-7-18-29-16(9-32(18)19)20-31-28-11-34-20;1-2-9-6(8)4-3-5-7/h2-9,11H,10H2,1H3;5H,2-4H2,1H3. The van der Waals surface area contributed by atoms with Gasteiger partial charge in [-0.05, 0) is 41.8 Å². The Morgan fingerprint density at radius 2 is 1.81 bits per heavy atom. The van der Waals surface area contributed by atoms with Crippen molar-refractivity contribution in [3.8, 4) is 22.7 Å². The maximum Gasteiger partial charge on any atom is 0.459 e. The van der Waals surface area contributed by atoms with E-state index in [1.165, 1.54) is 17.7 Å². The monoisotopic (exact) mass is 605 g/mol. The third-order valence-corrected chi connectivity index (χ3v) is 6.00. The van der Waals surface area contributed by atoms with Gasteiger partial charge in [-0.1, -0.05) is 24.3 Å². The van der Waals surface area contributed by atoms with Gasteiger partial charge < -0.3 is 18.7 Å². The molecule has 5 rings (SSSR count). The topological polar surface area (TPSA) is 122 Å². The highest BCUT2D eigenvalue weighted by Gasteiger charge is 2.60. The minimum atomic E-state index is -5.83. The van der Waals surface area contributed by atoms with Crippen LogP contribution in [0, 0.1) is 0 Å². The Hall–Kier alpha value is -4.79. The second kappa shape index (κ2) is 13.0. The quantitative estimate of drug-likeness (QED) is 0.114. The first-order chi connectivity index (χ1) is 20.5. The van der Waals surface area contributed by atoms with Crippen molar-refractivity contribution in [3.05, 3.63) is 66.3 Å². The van der Waals surface area contributed by atoms with E-state index in [2.05, 4.69) is 24.9 Å². The summed E-state index contributed by atoms with van der Waals surface area (Å²) < 4.78 is 84.6. The number of imidazole rings is 1. The van der Waals surface area contributed by atoms with Crippen LogP contribution in [0.5, 0.6) is 0 Å². The van der Waals surface area contributed by atoms with E-state index in [4.69, 9.17) is 9.15 Å². The first-order valence-corrected chi connectivity index (χ1v) is 12.7. The summed E-state index contributed by atoms with van der Waals surface area (Å²) in [4.78, 5) is 28.1. The van der Waals surface area contributed by atoms with Crippen molar-refractivity contribution < 1.29 is 45.4 Å². The number of halogens is 5. The number of methoxy groups -OCH3 is 1. The van der Waals surface area contributed by atoms with Crippen LogP contribution in [0.15, 0.2) is 59.5 Å². The van der Waals surface area contributed by atoms with Gasteiger partial charge in [-0.3, -0.25) is 9.20 Å². The zero-order valence-corrected chi connectivity index (χ0v) is 22.8. The number of hydrogen-bond donors (Lipinski definition) is 0. The fraction of sp³-hybridized carbons (Fsp3) is 0.286. The van der Waals surface area contributed by atoms with Gasteiger partial charge >= 0.3 is 18.1 Å². The van der Waals surface area contributed by atoms with Gasteiger partial charge in [0.15, 0.2) is 0 Å². The van der Waals surface area contributed by atoms with Gasteiger partial charge in [0.1, 0.15) is 29.0 Å². The SMILES string of the molecule is CCOC(=O)CCC=O.COCc1ccc(-c2cc(C(F)(F)C(F)(F)F)nc3c2ccc2nc(-c4nnco4)cn23)cc1. The van der Waals surface area contributed by atoms with E-state index in [0.29, 0.717) is 30.4 Å². The minimum absolute atomic E-state index is 0.0579. The van der Waals surface area contributed by atoms with E-state index in [-0.39, 0.29) is 47.3 Å². The number of aldehydes is 1. The van der Waals surface area contributed by atoms with Crippen molar-refractivity contribution in [2.75, 3.05) is 13.7 Å². The summed E-state index contributed by atoms with van der Waals surface area (Å²) in [6.07, 6.45) is -2.18. The molecule has 0 aliphatic heterocycles. The molecule has 0 bridgehead atoms. The molecular weight excluding hydrogens is 581 g/mol. The van der Waals surface area contributed by atoms with Gasteiger partial charge in [0, 0.05) is 25.1 Å². The van der Waals surface area contributed by atoms with E-state index in [1.54, 1.807) is 43.3 Å². The molecule has 0 aliphatic rings. The highest BCUT2D eigenvalue weighted by Crippen LogP contribution is 2.45. The summed E-state index contributed by atoms with van der Waals surface area (Å²) in [5, 5.41) is 7.66. The highest BCUT2D eigenvalue weighted by atomic mass is 19.4. The molecule has 0 amide bonds. The van der Waals surface area contributed by atoms with E-state index in [1.807, 2.05) is 0 Å². The molecule has 0 fully saturated rings. The van der Waals surface area contributed by atoms with Gasteiger partial charge in [-0.25, -0.2) is 9.97 Å². The summed E-state index contributed by atoms with van der Waals surface area (Å²) in [6.45, 7) is 2.44. The molecular formula is C28H24F5N5O5. The number of nitrogens with zero attached hydrogens (tertiary/aromatic N) is 5. The van der Waals surface area contributed by atoms with Gasteiger partial charge in [0.25, 0.3) is 5.89 Å². The van der Waals surface area contributed by atoms with Crippen molar-refractivity contribution in [3.63, 3.8) is 0 Å². The second-order valence-electron chi connectivity index (χ2n) is 8.94. The predicted octanol–water partition coefficient (Wildman–Crippen LogP) is 5.93. The molecule has 0 N–H and O–H groups in total. The Kier molecular flexibility index (Phi) is 9.43. The van der Waals surface area contributed by atoms with Crippen molar-refractivity contribution in [2.24, 2.45) is 0 Å². The summed E-state index contributed by atoms with van der Waals surface area (Å²) in [7, 11) is 1.52. The number of rotatable bonds is 9. The Labute approximate surface area is 240 Å². The normalized spacial score (nSPS) is 11.8. The van der Waals surface area contributed by atoms with Gasteiger partial charge in [0.05, 0.1) is 19.6 Å². The molecule has 0 saturated heterocycles. The Morgan fingerprint density at radius 3 is 2.42 bits per heavy atom. The lowest BCUT2D eigenvalue weighted by atomic mass is 9.99. The lowest BCUT2D eigenvalue weighted by Crippen LogP contribution is -2.34. The number of benzene rings is 1. The van der Waals surface area contributed by atoms with E-state index in [0.717, 1.165) is 18.0 Å². The lowest BCUT2D eigenvalue weighted by molar-refractivity contribution is -0.290. The maximum absolute atomic E-state index is 14.4. The first-order valence-electron chi connectivity index (χ1n) is 12.7. The first kappa shape index (κ1) is 31.2. The molecule has 226 valence electrons. The third kappa shape index (κ3) is 6.83. The molecule has 43 heavy (non-hydrogen) atoms. The van der Waals surface area contributed by atoms with E-state index < -0.39 is 17.8 Å². The van der Waals surface area contributed by atoms with Gasteiger partial charge in [-0.15, -0.1) is 10.2 Å². The molecule has 4 aromatic heterocycles. The summed E-state index contributed by atoms with van der Waals surface area (Å²) in [5.41, 5.74) is 0.307. The van der Waals surface area contributed by atoms with Crippen LogP contribution in [-0.2, 0) is 31.6 Å². The molecule has 4 heterocycles. The average molecular weight is 606 g/mol. The van der Waals surface area contributed by atoms with Crippen molar-refractivity contribution >= 4 is 28.9 Å². The number of pyridine rings is 2. The molecule has 0 unspecified atom stereocenters. The highest BCUT2D eigenvalue weighted by molar-refractivity contribution is 5.94. The Morgan fingerprint density at radius 1 is 1.07 bits per heavy atom. The van der Waals surface area contributed by atoms with Gasteiger partial charge in [0.2, 0.25) is 6.39 Å². The molecule has 5 aromatic rings. The Bertz CT molecular complexity index is 1700. The van der Waals surface area contributed by atoms with Crippen LogP contribution in [0.1, 0.15) is 31.0 Å². The molecule has 0 radical (unpaired) electrons. The van der Waals surface area contributed by atoms with E-state index in [9.17, 15) is 31.5 Å². The molecule has 0 saturated carbocycles. The molecule has 15 heteroatoms. The number of carbonyl (C=O) groups excluding carboxylic acids is 2. The molecule has 0 aliphatic carbocycles. The number of carbonyl (C=O) groups is 2. The number of aromatic nitrogens is 5. The summed E-state index contributed by atoms with van der Waals surface area (Å²) >= 11 is 0. The third-order valence-electron chi connectivity index (χ3n) is 6.00. The maximum atomic E-state index is 14.4. The average Bonchev–Trinajstić information content (AvgIpc) is 3.67. The number of fused-ring (bicyclic) bond motifs is 3. The number of ether oxygens (including phenoxy) is 2. The van der Waals surface area contributed by atoms with Crippen LogP contribution in [-0.4, -0.2) is 56.7 Å². The smallest absolute Gasteiger partial charge is 0.459 e. The van der Waals surface area contributed by atoms with Crippen LogP contribution in [0.2, 0.25) is 0 Å². The largest absolute Gasteiger partial charge is 0.466 e. The molecule has 0 spiro atoms. The Balaban J connectivity index is 0.000000410. The minimum Gasteiger partial charge on any atom is -0.466 e. The van der Waals surface area contributed by atoms with Crippen LogP contribution in [0.3, 0.4) is 0 Å². The van der Waals surface area contributed by atoms with Crippen LogP contribution >= 0.6 is 0 Å². The zero-order chi connectivity index (χ0) is 31.2. The van der Waals surface area contributed by atoms with E-state index >= 15 is 0 Å². The fourth-order valence-corrected chi connectivity index (χ4v) is 4.02.